The van der Waals surface area contributed by atoms with Gasteiger partial charge in [0.1, 0.15) is 0 Å². The molecular weight excluding hydrogens is 234 g/mol. The molecular formula is C16H33N3. The van der Waals surface area contributed by atoms with E-state index in [2.05, 4.69) is 56.7 Å². The summed E-state index contributed by atoms with van der Waals surface area (Å²) < 4.78 is 0. The Morgan fingerprint density at radius 1 is 0.947 bits per heavy atom. The van der Waals surface area contributed by atoms with Crippen molar-refractivity contribution >= 4 is 0 Å². The van der Waals surface area contributed by atoms with Gasteiger partial charge in [-0.1, -0.05) is 0 Å². The second kappa shape index (κ2) is 5.34. The number of hydrogen-bond donors (Lipinski definition) is 1. The Morgan fingerprint density at radius 2 is 1.63 bits per heavy atom. The van der Waals surface area contributed by atoms with E-state index in [1.54, 1.807) is 0 Å². The van der Waals surface area contributed by atoms with E-state index in [4.69, 9.17) is 0 Å². The van der Waals surface area contributed by atoms with Gasteiger partial charge >= 0.3 is 0 Å². The van der Waals surface area contributed by atoms with E-state index in [0.717, 1.165) is 6.54 Å². The number of likely N-dealkylation sites (tertiary alicyclic amines) is 1. The van der Waals surface area contributed by atoms with Gasteiger partial charge in [-0.25, -0.2) is 0 Å². The Hall–Kier alpha value is -0.120. The molecule has 112 valence electrons. The second-order valence-electron chi connectivity index (χ2n) is 8.25. The molecule has 2 fully saturated rings. The summed E-state index contributed by atoms with van der Waals surface area (Å²) in [6, 6.07) is 1.34. The molecule has 0 aromatic carbocycles. The lowest BCUT2D eigenvalue weighted by atomic mass is 9.93. The van der Waals surface area contributed by atoms with Crippen molar-refractivity contribution in [1.82, 2.24) is 15.1 Å². The first kappa shape index (κ1) is 15.3. The van der Waals surface area contributed by atoms with Gasteiger partial charge in [-0.15, -0.1) is 0 Å². The molecule has 0 bridgehead atoms. The zero-order chi connectivity index (χ0) is 14.3. The third-order valence-corrected chi connectivity index (χ3v) is 4.78. The summed E-state index contributed by atoms with van der Waals surface area (Å²) in [4.78, 5) is 5.42. The smallest absolute Gasteiger partial charge is 0.0382 e. The SMILES string of the molecule is CC(C)(C)N1CCCC2NCCN(C(C)(C)C)C2C1. The average molecular weight is 267 g/mol. The molecule has 3 nitrogen and oxygen atoms in total. The van der Waals surface area contributed by atoms with Crippen molar-refractivity contribution in [2.45, 2.75) is 77.5 Å². The van der Waals surface area contributed by atoms with Crippen LogP contribution < -0.4 is 5.32 Å². The maximum Gasteiger partial charge on any atom is 0.0382 e. The molecule has 0 radical (unpaired) electrons. The number of fused-ring (bicyclic) bond motifs is 1. The minimum absolute atomic E-state index is 0.277. The first-order valence-corrected chi connectivity index (χ1v) is 7.95. The van der Waals surface area contributed by atoms with Crippen LogP contribution in [0.2, 0.25) is 0 Å². The summed E-state index contributed by atoms with van der Waals surface area (Å²) in [6.07, 6.45) is 2.65. The first-order valence-electron chi connectivity index (χ1n) is 7.95. The fraction of sp³-hybridized carbons (Fsp3) is 1.00. The zero-order valence-corrected chi connectivity index (χ0v) is 13.8. The van der Waals surface area contributed by atoms with Crippen LogP contribution in [0.3, 0.4) is 0 Å². The standard InChI is InChI=1S/C16H33N3/c1-15(2,3)18-10-7-8-13-14(12-18)19(11-9-17-13)16(4,5)6/h13-14,17H,7-12H2,1-6H3. The maximum atomic E-state index is 3.77. The van der Waals surface area contributed by atoms with Crippen LogP contribution in [0.4, 0.5) is 0 Å². The molecule has 0 aromatic heterocycles. The highest BCUT2D eigenvalue weighted by Crippen LogP contribution is 2.28. The number of piperazine rings is 1. The Bertz CT molecular complexity index is 300. The van der Waals surface area contributed by atoms with Crippen molar-refractivity contribution in [3.8, 4) is 0 Å². The lowest BCUT2D eigenvalue weighted by Gasteiger charge is -2.50. The van der Waals surface area contributed by atoms with E-state index in [9.17, 15) is 0 Å². The van der Waals surface area contributed by atoms with E-state index >= 15 is 0 Å². The molecule has 0 saturated carbocycles. The predicted octanol–water partition coefficient (Wildman–Crippen LogP) is 2.32. The zero-order valence-electron chi connectivity index (χ0n) is 13.8. The van der Waals surface area contributed by atoms with Crippen LogP contribution >= 0.6 is 0 Å². The van der Waals surface area contributed by atoms with Crippen LogP contribution in [-0.4, -0.2) is 59.1 Å². The topological polar surface area (TPSA) is 18.5 Å². The molecule has 2 atom stereocenters. The Labute approximate surface area is 119 Å². The molecule has 2 heterocycles. The quantitative estimate of drug-likeness (QED) is 0.727. The predicted molar refractivity (Wildman–Crippen MR) is 82.6 cm³/mol. The summed E-state index contributed by atoms with van der Waals surface area (Å²) in [5.41, 5.74) is 0.564. The minimum atomic E-state index is 0.277. The molecule has 2 aliphatic heterocycles. The summed E-state index contributed by atoms with van der Waals surface area (Å²) in [5.74, 6) is 0. The van der Waals surface area contributed by atoms with Gasteiger partial charge < -0.3 is 5.32 Å². The van der Waals surface area contributed by atoms with Crippen molar-refractivity contribution in [3.63, 3.8) is 0 Å². The molecule has 19 heavy (non-hydrogen) atoms. The van der Waals surface area contributed by atoms with Gasteiger partial charge in [0.2, 0.25) is 0 Å². The summed E-state index contributed by atoms with van der Waals surface area (Å²) in [7, 11) is 0. The van der Waals surface area contributed by atoms with Crippen LogP contribution in [0.1, 0.15) is 54.4 Å². The number of nitrogens with one attached hydrogen (secondary N) is 1. The lowest BCUT2D eigenvalue weighted by molar-refractivity contribution is 0.00774. The van der Waals surface area contributed by atoms with Crippen molar-refractivity contribution < 1.29 is 0 Å². The highest BCUT2D eigenvalue weighted by molar-refractivity contribution is 4.99. The lowest BCUT2D eigenvalue weighted by Crippen LogP contribution is -2.65. The molecule has 2 saturated heterocycles. The minimum Gasteiger partial charge on any atom is -0.311 e. The molecule has 0 amide bonds. The molecule has 0 spiro atoms. The fourth-order valence-corrected chi connectivity index (χ4v) is 3.67. The fourth-order valence-electron chi connectivity index (χ4n) is 3.67. The van der Waals surface area contributed by atoms with Gasteiger partial charge in [0.15, 0.2) is 0 Å². The van der Waals surface area contributed by atoms with E-state index in [1.807, 2.05) is 0 Å². The van der Waals surface area contributed by atoms with Crippen LogP contribution in [0.15, 0.2) is 0 Å². The van der Waals surface area contributed by atoms with Crippen LogP contribution in [0, 0.1) is 0 Å². The molecule has 3 heteroatoms. The van der Waals surface area contributed by atoms with Crippen molar-refractivity contribution in [3.05, 3.63) is 0 Å². The number of nitrogens with zero attached hydrogens (tertiary/aromatic N) is 2. The molecule has 2 rings (SSSR count). The molecule has 2 unspecified atom stereocenters. The third kappa shape index (κ3) is 3.50. The van der Waals surface area contributed by atoms with Gasteiger partial charge in [0.25, 0.3) is 0 Å². The Balaban J connectivity index is 2.19. The van der Waals surface area contributed by atoms with Gasteiger partial charge in [0, 0.05) is 42.8 Å². The summed E-state index contributed by atoms with van der Waals surface area (Å²) >= 11 is 0. The van der Waals surface area contributed by atoms with E-state index in [0.29, 0.717) is 12.1 Å². The molecule has 2 aliphatic rings. The number of hydrogen-bond acceptors (Lipinski definition) is 3. The maximum absolute atomic E-state index is 3.77. The third-order valence-electron chi connectivity index (χ3n) is 4.78. The van der Waals surface area contributed by atoms with Crippen LogP contribution in [0.25, 0.3) is 0 Å². The highest BCUT2D eigenvalue weighted by atomic mass is 15.3. The van der Waals surface area contributed by atoms with E-state index in [-0.39, 0.29) is 11.1 Å². The number of rotatable bonds is 0. The van der Waals surface area contributed by atoms with E-state index < -0.39 is 0 Å². The molecule has 0 aliphatic carbocycles. The molecule has 0 aromatic rings. The monoisotopic (exact) mass is 267 g/mol. The van der Waals surface area contributed by atoms with Crippen LogP contribution in [-0.2, 0) is 0 Å². The van der Waals surface area contributed by atoms with E-state index in [1.165, 1.54) is 32.5 Å². The first-order chi connectivity index (χ1) is 8.69. The van der Waals surface area contributed by atoms with Crippen molar-refractivity contribution in [1.29, 1.82) is 0 Å². The molecule has 1 N–H and O–H groups in total. The van der Waals surface area contributed by atoms with Crippen LogP contribution in [0.5, 0.6) is 0 Å². The Kier molecular flexibility index (Phi) is 4.29. The summed E-state index contributed by atoms with van der Waals surface area (Å²) in [6.45, 7) is 18.9. The normalized spacial score (nSPS) is 31.9. The largest absolute Gasteiger partial charge is 0.311 e. The second-order valence-corrected chi connectivity index (χ2v) is 8.25. The van der Waals surface area contributed by atoms with Crippen molar-refractivity contribution in [2.24, 2.45) is 0 Å². The van der Waals surface area contributed by atoms with Gasteiger partial charge in [-0.3, -0.25) is 9.80 Å². The van der Waals surface area contributed by atoms with Gasteiger partial charge in [-0.05, 0) is 60.9 Å². The van der Waals surface area contributed by atoms with Gasteiger partial charge in [0.05, 0.1) is 0 Å². The van der Waals surface area contributed by atoms with Gasteiger partial charge in [-0.2, -0.15) is 0 Å². The Morgan fingerprint density at radius 3 is 2.21 bits per heavy atom. The van der Waals surface area contributed by atoms with Crippen molar-refractivity contribution in [2.75, 3.05) is 26.2 Å². The highest BCUT2D eigenvalue weighted by Gasteiger charge is 2.40. The summed E-state index contributed by atoms with van der Waals surface area (Å²) in [5, 5.41) is 3.77. The average Bonchev–Trinajstić information content (AvgIpc) is 2.47.